The van der Waals surface area contributed by atoms with Crippen LogP contribution in [0.1, 0.15) is 16.1 Å². The highest BCUT2D eigenvalue weighted by atomic mass is 16.2. The van der Waals surface area contributed by atoms with E-state index in [2.05, 4.69) is 4.98 Å². The zero-order valence-corrected chi connectivity index (χ0v) is 10.9. The molecule has 4 heteroatoms. The molecule has 0 aliphatic heterocycles. The van der Waals surface area contributed by atoms with Gasteiger partial charge in [-0.3, -0.25) is 9.78 Å². The molecule has 4 nitrogen and oxygen atoms in total. The first-order valence-corrected chi connectivity index (χ1v) is 6.18. The Kier molecular flexibility index (Phi) is 4.13. The SMILES string of the molecule is CN(CCc1ccccn1)C(=O)c1cccc(N)c1. The molecule has 0 spiro atoms. The summed E-state index contributed by atoms with van der Waals surface area (Å²) in [6.45, 7) is 0.630. The van der Waals surface area contributed by atoms with Crippen LogP contribution in [0.15, 0.2) is 48.7 Å². The Hall–Kier alpha value is -2.36. The maximum Gasteiger partial charge on any atom is 0.253 e. The van der Waals surface area contributed by atoms with Crippen LogP contribution in [0.5, 0.6) is 0 Å². The molecule has 1 aromatic carbocycles. The maximum atomic E-state index is 12.2. The molecule has 1 amide bonds. The van der Waals surface area contributed by atoms with Gasteiger partial charge in [0, 0.05) is 43.2 Å². The first-order chi connectivity index (χ1) is 9.16. The van der Waals surface area contributed by atoms with Crippen molar-refractivity contribution in [3.05, 3.63) is 59.9 Å². The molecule has 0 aliphatic rings. The number of carbonyl (C=O) groups excluding carboxylic acids is 1. The minimum absolute atomic E-state index is 0.0248. The number of anilines is 1. The minimum atomic E-state index is -0.0248. The molecule has 0 fully saturated rings. The van der Waals surface area contributed by atoms with Crippen LogP contribution < -0.4 is 5.73 Å². The van der Waals surface area contributed by atoms with E-state index in [1.807, 2.05) is 18.2 Å². The number of nitrogen functional groups attached to an aromatic ring is 1. The zero-order chi connectivity index (χ0) is 13.7. The lowest BCUT2D eigenvalue weighted by Gasteiger charge is -2.17. The predicted octanol–water partition coefficient (Wildman–Crippen LogP) is 1.98. The molecule has 1 heterocycles. The van der Waals surface area contributed by atoms with Gasteiger partial charge in [-0.25, -0.2) is 0 Å². The second-order valence-corrected chi connectivity index (χ2v) is 4.42. The summed E-state index contributed by atoms with van der Waals surface area (Å²) in [5.41, 5.74) is 7.88. The molecule has 0 unspecified atom stereocenters. The number of hydrogen-bond donors (Lipinski definition) is 1. The second-order valence-electron chi connectivity index (χ2n) is 4.42. The van der Waals surface area contributed by atoms with Gasteiger partial charge in [-0.2, -0.15) is 0 Å². The fourth-order valence-electron chi connectivity index (χ4n) is 1.82. The Morgan fingerprint density at radius 3 is 2.79 bits per heavy atom. The molecule has 2 aromatic rings. The third-order valence-electron chi connectivity index (χ3n) is 2.91. The van der Waals surface area contributed by atoms with E-state index in [0.717, 1.165) is 12.1 Å². The maximum absolute atomic E-state index is 12.2. The van der Waals surface area contributed by atoms with E-state index in [1.54, 1.807) is 42.4 Å². The number of benzene rings is 1. The summed E-state index contributed by atoms with van der Waals surface area (Å²) in [6, 6.07) is 12.8. The normalized spacial score (nSPS) is 10.2. The highest BCUT2D eigenvalue weighted by Gasteiger charge is 2.11. The van der Waals surface area contributed by atoms with E-state index in [-0.39, 0.29) is 5.91 Å². The fourth-order valence-corrected chi connectivity index (χ4v) is 1.82. The predicted molar refractivity (Wildman–Crippen MR) is 75.8 cm³/mol. The Labute approximate surface area is 112 Å². The van der Waals surface area contributed by atoms with Crippen molar-refractivity contribution in [2.24, 2.45) is 0 Å². The molecule has 2 N–H and O–H groups in total. The first-order valence-electron chi connectivity index (χ1n) is 6.18. The Balaban J connectivity index is 1.96. The van der Waals surface area contributed by atoms with E-state index in [4.69, 9.17) is 5.73 Å². The van der Waals surface area contributed by atoms with Crippen molar-refractivity contribution < 1.29 is 4.79 Å². The number of nitrogens with two attached hydrogens (primary N) is 1. The smallest absolute Gasteiger partial charge is 0.253 e. The molecule has 0 bridgehead atoms. The summed E-state index contributed by atoms with van der Waals surface area (Å²) in [4.78, 5) is 18.1. The third-order valence-corrected chi connectivity index (χ3v) is 2.91. The Bertz CT molecular complexity index is 554. The summed E-state index contributed by atoms with van der Waals surface area (Å²) in [5, 5.41) is 0. The van der Waals surface area contributed by atoms with Gasteiger partial charge in [0.15, 0.2) is 0 Å². The number of likely N-dealkylation sites (N-methyl/N-ethyl adjacent to an activating group) is 1. The first kappa shape index (κ1) is 13.1. The van der Waals surface area contributed by atoms with Crippen LogP contribution in [0.2, 0.25) is 0 Å². The molecule has 0 saturated heterocycles. The van der Waals surface area contributed by atoms with Gasteiger partial charge in [0.05, 0.1) is 0 Å². The summed E-state index contributed by atoms with van der Waals surface area (Å²) in [6.07, 6.45) is 2.50. The lowest BCUT2D eigenvalue weighted by atomic mass is 10.1. The summed E-state index contributed by atoms with van der Waals surface area (Å²) < 4.78 is 0. The van der Waals surface area contributed by atoms with Crippen LogP contribution in [-0.2, 0) is 6.42 Å². The standard InChI is InChI=1S/C15H17N3O/c1-18(10-8-14-7-2-3-9-17-14)15(19)12-5-4-6-13(16)11-12/h2-7,9,11H,8,10,16H2,1H3. The lowest BCUT2D eigenvalue weighted by Crippen LogP contribution is -2.29. The van der Waals surface area contributed by atoms with Crippen LogP contribution in [0, 0.1) is 0 Å². The summed E-state index contributed by atoms with van der Waals surface area (Å²) in [5.74, 6) is -0.0248. The molecule has 98 valence electrons. The molecule has 0 saturated carbocycles. The average Bonchev–Trinajstić information content (AvgIpc) is 2.45. The van der Waals surface area contributed by atoms with Gasteiger partial charge in [0.25, 0.3) is 5.91 Å². The molecular formula is C15H17N3O. The number of aromatic nitrogens is 1. The van der Waals surface area contributed by atoms with Crippen molar-refractivity contribution in [3.63, 3.8) is 0 Å². The van der Waals surface area contributed by atoms with E-state index in [1.165, 1.54) is 0 Å². The topological polar surface area (TPSA) is 59.2 Å². The van der Waals surface area contributed by atoms with Crippen molar-refractivity contribution in [2.75, 3.05) is 19.3 Å². The largest absolute Gasteiger partial charge is 0.399 e. The van der Waals surface area contributed by atoms with E-state index < -0.39 is 0 Å². The van der Waals surface area contributed by atoms with Crippen LogP contribution in [-0.4, -0.2) is 29.4 Å². The van der Waals surface area contributed by atoms with Gasteiger partial charge in [-0.1, -0.05) is 12.1 Å². The summed E-state index contributed by atoms with van der Waals surface area (Å²) >= 11 is 0. The van der Waals surface area contributed by atoms with Crippen LogP contribution in [0.25, 0.3) is 0 Å². The molecule has 0 radical (unpaired) electrons. The van der Waals surface area contributed by atoms with Crippen molar-refractivity contribution in [2.45, 2.75) is 6.42 Å². The molecule has 2 rings (SSSR count). The van der Waals surface area contributed by atoms with Gasteiger partial charge < -0.3 is 10.6 Å². The molecule has 1 aromatic heterocycles. The van der Waals surface area contributed by atoms with E-state index >= 15 is 0 Å². The number of nitrogens with zero attached hydrogens (tertiary/aromatic N) is 2. The van der Waals surface area contributed by atoms with Crippen molar-refractivity contribution >= 4 is 11.6 Å². The minimum Gasteiger partial charge on any atom is -0.399 e. The fraction of sp³-hybridized carbons (Fsp3) is 0.200. The molecule has 19 heavy (non-hydrogen) atoms. The van der Waals surface area contributed by atoms with Crippen LogP contribution >= 0.6 is 0 Å². The Morgan fingerprint density at radius 1 is 1.26 bits per heavy atom. The monoisotopic (exact) mass is 255 g/mol. The number of pyridine rings is 1. The molecular weight excluding hydrogens is 238 g/mol. The number of carbonyl (C=O) groups is 1. The third kappa shape index (κ3) is 3.55. The number of hydrogen-bond acceptors (Lipinski definition) is 3. The number of rotatable bonds is 4. The lowest BCUT2D eigenvalue weighted by molar-refractivity contribution is 0.0796. The zero-order valence-electron chi connectivity index (χ0n) is 10.9. The van der Waals surface area contributed by atoms with Gasteiger partial charge >= 0.3 is 0 Å². The van der Waals surface area contributed by atoms with E-state index in [0.29, 0.717) is 17.8 Å². The second kappa shape index (κ2) is 6.00. The van der Waals surface area contributed by atoms with Crippen molar-refractivity contribution in [3.8, 4) is 0 Å². The van der Waals surface area contributed by atoms with E-state index in [9.17, 15) is 4.79 Å². The highest BCUT2D eigenvalue weighted by Crippen LogP contribution is 2.09. The average molecular weight is 255 g/mol. The van der Waals surface area contributed by atoms with Gasteiger partial charge in [-0.15, -0.1) is 0 Å². The highest BCUT2D eigenvalue weighted by molar-refractivity contribution is 5.94. The Morgan fingerprint density at radius 2 is 2.11 bits per heavy atom. The van der Waals surface area contributed by atoms with Crippen LogP contribution in [0.3, 0.4) is 0 Å². The summed E-state index contributed by atoms with van der Waals surface area (Å²) in [7, 11) is 1.79. The quantitative estimate of drug-likeness (QED) is 0.850. The van der Waals surface area contributed by atoms with Crippen molar-refractivity contribution in [1.29, 1.82) is 0 Å². The van der Waals surface area contributed by atoms with Gasteiger partial charge in [-0.05, 0) is 30.3 Å². The number of amides is 1. The van der Waals surface area contributed by atoms with Gasteiger partial charge in [0.1, 0.15) is 0 Å². The molecule has 0 atom stereocenters. The van der Waals surface area contributed by atoms with Gasteiger partial charge in [0.2, 0.25) is 0 Å². The molecule has 0 aliphatic carbocycles. The van der Waals surface area contributed by atoms with Crippen LogP contribution in [0.4, 0.5) is 5.69 Å². The van der Waals surface area contributed by atoms with Crippen molar-refractivity contribution in [1.82, 2.24) is 9.88 Å².